The number of halogens is 2. The average Bonchev–Trinajstić information content (AvgIpc) is 2.93. The van der Waals surface area contributed by atoms with Gasteiger partial charge < -0.3 is 0 Å². The minimum Gasteiger partial charge on any atom is -0.241 e. The predicted molar refractivity (Wildman–Crippen MR) is 102 cm³/mol. The molecule has 0 saturated carbocycles. The highest BCUT2D eigenvalue weighted by Crippen LogP contribution is 2.29. The molecule has 0 amide bonds. The number of imidazole rings is 1. The van der Waals surface area contributed by atoms with E-state index >= 15 is 0 Å². The lowest BCUT2D eigenvalue weighted by Crippen LogP contribution is -2.30. The number of hydrogen-bond acceptors (Lipinski definition) is 6. The second kappa shape index (κ2) is 7.71. The van der Waals surface area contributed by atoms with E-state index in [2.05, 4.69) is 20.1 Å². The summed E-state index contributed by atoms with van der Waals surface area (Å²) in [6, 6.07) is 4.55. The lowest BCUT2D eigenvalue weighted by Gasteiger charge is -2.17. The van der Waals surface area contributed by atoms with E-state index in [1.165, 1.54) is 33.5 Å². The van der Waals surface area contributed by atoms with E-state index in [9.17, 15) is 17.2 Å². The Kier molecular flexibility index (Phi) is 5.26. The molecule has 154 valence electrons. The molecule has 0 unspecified atom stereocenters. The van der Waals surface area contributed by atoms with Gasteiger partial charge in [-0.15, -0.1) is 0 Å². The Morgan fingerprint density at radius 2 is 1.97 bits per heavy atom. The Balaban J connectivity index is 1.64. The van der Waals surface area contributed by atoms with Crippen LogP contribution in [0.1, 0.15) is 43.0 Å². The molecule has 4 heterocycles. The molecule has 0 bridgehead atoms. The van der Waals surface area contributed by atoms with Gasteiger partial charge in [0.15, 0.2) is 5.65 Å². The zero-order valence-corrected chi connectivity index (χ0v) is 16.6. The number of fused-ring (bicyclic) bond motifs is 1. The molecule has 4 rings (SSSR count). The Hall–Kier alpha value is -2.53. The lowest BCUT2D eigenvalue weighted by atomic mass is 9.96. The first-order valence-electron chi connectivity index (χ1n) is 9.23. The van der Waals surface area contributed by atoms with Gasteiger partial charge in [0.1, 0.15) is 17.7 Å². The largest absolute Gasteiger partial charge is 0.282 e. The number of aromatic nitrogens is 5. The van der Waals surface area contributed by atoms with E-state index in [0.29, 0.717) is 36.5 Å². The van der Waals surface area contributed by atoms with Crippen LogP contribution in [0.2, 0.25) is 0 Å². The number of nitrogens with zero attached hydrogens (tertiary/aromatic N) is 6. The third-order valence-corrected chi connectivity index (χ3v) is 6.43. The van der Waals surface area contributed by atoms with E-state index in [-0.39, 0.29) is 11.6 Å². The van der Waals surface area contributed by atoms with Crippen molar-refractivity contribution in [1.29, 1.82) is 0 Å². The monoisotopic (exact) mass is 422 g/mol. The van der Waals surface area contributed by atoms with Gasteiger partial charge in [-0.2, -0.15) is 5.10 Å². The van der Waals surface area contributed by atoms with Gasteiger partial charge in [0.2, 0.25) is 10.0 Å². The molecular formula is C18H20F2N6O2S. The molecule has 8 nitrogen and oxygen atoms in total. The summed E-state index contributed by atoms with van der Waals surface area (Å²) in [4.78, 5) is 12.9. The van der Waals surface area contributed by atoms with Crippen molar-refractivity contribution in [2.24, 2.45) is 0 Å². The summed E-state index contributed by atoms with van der Waals surface area (Å²) in [5.41, 5.74) is 1.94. The molecular weight excluding hydrogens is 402 g/mol. The van der Waals surface area contributed by atoms with Crippen LogP contribution in [0.5, 0.6) is 0 Å². The molecule has 0 aliphatic carbocycles. The van der Waals surface area contributed by atoms with Crippen molar-refractivity contribution >= 4 is 15.7 Å². The molecule has 0 aromatic carbocycles. The standard InChI is InChI=1S/C18H20F2N6O2S/c1-29(27,28)25-7-2-3-12(6-8-25)14-9-15(23-11-22-14)16-10-21-17-5-4-13(18(19)20)24-26(16)17/h4-5,9-12,18H,2-3,6-8H2,1H3/t12-/m1/s1. The highest BCUT2D eigenvalue weighted by molar-refractivity contribution is 7.88. The third kappa shape index (κ3) is 4.10. The van der Waals surface area contributed by atoms with Crippen molar-refractivity contribution in [2.45, 2.75) is 31.6 Å². The van der Waals surface area contributed by atoms with Crippen LogP contribution in [0.3, 0.4) is 0 Å². The van der Waals surface area contributed by atoms with Crippen LogP contribution in [0.15, 0.2) is 30.7 Å². The molecule has 1 saturated heterocycles. The highest BCUT2D eigenvalue weighted by Gasteiger charge is 2.25. The Bertz CT molecular complexity index is 1130. The van der Waals surface area contributed by atoms with Gasteiger partial charge in [-0.1, -0.05) is 0 Å². The van der Waals surface area contributed by atoms with Crippen molar-refractivity contribution in [2.75, 3.05) is 19.3 Å². The fourth-order valence-electron chi connectivity index (χ4n) is 3.61. The van der Waals surface area contributed by atoms with E-state index < -0.39 is 16.4 Å². The molecule has 1 fully saturated rings. The van der Waals surface area contributed by atoms with Gasteiger partial charge in [-0.05, 0) is 37.5 Å². The van der Waals surface area contributed by atoms with Crippen molar-refractivity contribution in [1.82, 2.24) is 28.9 Å². The van der Waals surface area contributed by atoms with Gasteiger partial charge in [0.25, 0.3) is 6.43 Å². The summed E-state index contributed by atoms with van der Waals surface area (Å²) >= 11 is 0. The zero-order valence-electron chi connectivity index (χ0n) is 15.7. The van der Waals surface area contributed by atoms with Crippen molar-refractivity contribution < 1.29 is 17.2 Å². The Morgan fingerprint density at radius 3 is 2.72 bits per heavy atom. The minimum atomic E-state index is -3.21. The summed E-state index contributed by atoms with van der Waals surface area (Å²) in [7, 11) is -3.21. The van der Waals surface area contributed by atoms with Gasteiger partial charge >= 0.3 is 0 Å². The topological polar surface area (TPSA) is 93.4 Å². The quantitative estimate of drug-likeness (QED) is 0.642. The molecule has 29 heavy (non-hydrogen) atoms. The SMILES string of the molecule is CS(=O)(=O)N1CCC[C@@H](c2cc(-c3cnc4ccc(C(F)F)nn34)ncn2)CC1. The first-order valence-corrected chi connectivity index (χ1v) is 11.1. The average molecular weight is 422 g/mol. The van der Waals surface area contributed by atoms with Crippen molar-refractivity contribution in [3.63, 3.8) is 0 Å². The summed E-state index contributed by atoms with van der Waals surface area (Å²) in [5.74, 6) is 0.0901. The fraction of sp³-hybridized carbons (Fsp3) is 0.444. The van der Waals surface area contributed by atoms with Gasteiger partial charge in [-0.3, -0.25) is 0 Å². The summed E-state index contributed by atoms with van der Waals surface area (Å²) in [5, 5.41) is 3.98. The van der Waals surface area contributed by atoms with Crippen LogP contribution < -0.4 is 0 Å². The zero-order chi connectivity index (χ0) is 20.6. The van der Waals surface area contributed by atoms with Crippen LogP contribution in [-0.4, -0.2) is 56.6 Å². The van der Waals surface area contributed by atoms with E-state index in [4.69, 9.17) is 0 Å². The maximum Gasteiger partial charge on any atom is 0.282 e. The molecule has 3 aromatic rings. The second-order valence-corrected chi connectivity index (χ2v) is 9.07. The van der Waals surface area contributed by atoms with Gasteiger partial charge in [-0.25, -0.2) is 41.0 Å². The molecule has 11 heteroatoms. The smallest absolute Gasteiger partial charge is 0.241 e. The normalized spacial score (nSPS) is 19.0. The van der Waals surface area contributed by atoms with E-state index in [0.717, 1.165) is 18.5 Å². The summed E-state index contributed by atoms with van der Waals surface area (Å²) in [6.07, 6.45) is 3.73. The lowest BCUT2D eigenvalue weighted by molar-refractivity contribution is 0.144. The number of rotatable bonds is 4. The van der Waals surface area contributed by atoms with Crippen LogP contribution in [0, 0.1) is 0 Å². The van der Waals surface area contributed by atoms with Crippen molar-refractivity contribution in [3.8, 4) is 11.4 Å². The number of alkyl halides is 2. The van der Waals surface area contributed by atoms with Crippen LogP contribution in [-0.2, 0) is 10.0 Å². The fourth-order valence-corrected chi connectivity index (χ4v) is 4.51. The summed E-state index contributed by atoms with van der Waals surface area (Å²) in [6.45, 7) is 0.943. The summed E-state index contributed by atoms with van der Waals surface area (Å²) < 4.78 is 52.5. The Labute approximate surface area is 166 Å². The molecule has 1 aliphatic heterocycles. The number of hydrogen-bond donors (Lipinski definition) is 0. The van der Waals surface area contributed by atoms with Gasteiger partial charge in [0, 0.05) is 24.7 Å². The molecule has 1 aliphatic rings. The molecule has 0 radical (unpaired) electrons. The van der Waals surface area contributed by atoms with E-state index in [1.54, 1.807) is 12.3 Å². The first-order chi connectivity index (χ1) is 13.8. The maximum atomic E-state index is 13.0. The molecule has 1 atom stereocenters. The van der Waals surface area contributed by atoms with E-state index in [1.807, 2.05) is 0 Å². The third-order valence-electron chi connectivity index (χ3n) is 5.13. The van der Waals surface area contributed by atoms with Crippen molar-refractivity contribution in [3.05, 3.63) is 42.1 Å². The second-order valence-electron chi connectivity index (χ2n) is 7.09. The first kappa shape index (κ1) is 19.8. The maximum absolute atomic E-state index is 13.0. The molecule has 3 aromatic heterocycles. The van der Waals surface area contributed by atoms with Crippen LogP contribution in [0.4, 0.5) is 8.78 Å². The highest BCUT2D eigenvalue weighted by atomic mass is 32.2. The predicted octanol–water partition coefficient (Wildman–Crippen LogP) is 2.65. The van der Waals surface area contributed by atoms with Crippen LogP contribution >= 0.6 is 0 Å². The van der Waals surface area contributed by atoms with Gasteiger partial charge in [0.05, 0.1) is 18.1 Å². The Morgan fingerprint density at radius 1 is 1.14 bits per heavy atom. The molecule has 0 N–H and O–H groups in total. The number of sulfonamides is 1. The van der Waals surface area contributed by atoms with Crippen LogP contribution in [0.25, 0.3) is 17.0 Å². The minimum absolute atomic E-state index is 0.0901. The molecule has 0 spiro atoms.